The van der Waals surface area contributed by atoms with Crippen molar-refractivity contribution in [1.29, 1.82) is 0 Å². The van der Waals surface area contributed by atoms with Gasteiger partial charge >= 0.3 is 0 Å². The predicted octanol–water partition coefficient (Wildman–Crippen LogP) is 4.66. The van der Waals surface area contributed by atoms with E-state index in [9.17, 15) is 4.79 Å². The van der Waals surface area contributed by atoms with E-state index in [1.165, 1.54) is 0 Å². The first-order valence-electron chi connectivity index (χ1n) is 13.4. The maximum Gasteiger partial charge on any atom is 0.253 e. The van der Waals surface area contributed by atoms with Crippen LogP contribution in [0.3, 0.4) is 0 Å². The van der Waals surface area contributed by atoms with Crippen LogP contribution >= 0.6 is 0 Å². The maximum absolute atomic E-state index is 13.7. The van der Waals surface area contributed by atoms with E-state index in [0.29, 0.717) is 44.2 Å². The van der Waals surface area contributed by atoms with Gasteiger partial charge in [0.2, 0.25) is 0 Å². The molecule has 0 unspecified atom stereocenters. The van der Waals surface area contributed by atoms with Crippen molar-refractivity contribution in [1.82, 2.24) is 30.1 Å². The first kappa shape index (κ1) is 27.2. The molecule has 1 N–H and O–H groups in total. The van der Waals surface area contributed by atoms with Crippen molar-refractivity contribution in [2.45, 2.75) is 39.5 Å². The number of nitrogens with one attached hydrogen (secondary N) is 1. The third-order valence-electron chi connectivity index (χ3n) is 6.85. The molecule has 0 saturated heterocycles. The molecule has 0 saturated carbocycles. The third-order valence-corrected chi connectivity index (χ3v) is 6.85. The van der Waals surface area contributed by atoms with Gasteiger partial charge in [-0.2, -0.15) is 0 Å². The number of hydrogen-bond donors (Lipinski definition) is 1. The highest BCUT2D eigenvalue weighted by atomic mass is 16.5. The van der Waals surface area contributed by atoms with Crippen molar-refractivity contribution in [3.63, 3.8) is 0 Å². The van der Waals surface area contributed by atoms with Gasteiger partial charge in [0.25, 0.3) is 5.56 Å². The topological polar surface area (TPSA) is 98.2 Å². The summed E-state index contributed by atoms with van der Waals surface area (Å²) in [5.74, 6) is 1.40. The number of tetrazole rings is 1. The molecule has 0 aliphatic heterocycles. The van der Waals surface area contributed by atoms with Gasteiger partial charge < -0.3 is 14.5 Å². The van der Waals surface area contributed by atoms with E-state index in [-0.39, 0.29) is 5.56 Å². The molecule has 9 nitrogen and oxygen atoms in total. The van der Waals surface area contributed by atoms with Crippen LogP contribution in [-0.4, -0.2) is 50.4 Å². The fourth-order valence-corrected chi connectivity index (χ4v) is 4.93. The van der Waals surface area contributed by atoms with Gasteiger partial charge in [0, 0.05) is 31.3 Å². The number of aromatic nitrogens is 5. The molecule has 5 rings (SSSR count). The van der Waals surface area contributed by atoms with Crippen LogP contribution in [0.15, 0.2) is 83.7 Å². The Kier molecular flexibility index (Phi) is 8.63. The molecule has 2 aromatic heterocycles. The summed E-state index contributed by atoms with van der Waals surface area (Å²) < 4.78 is 12.7. The van der Waals surface area contributed by atoms with Gasteiger partial charge in [-0.05, 0) is 70.6 Å². The smallest absolute Gasteiger partial charge is 0.253 e. The van der Waals surface area contributed by atoms with Crippen molar-refractivity contribution in [3.8, 4) is 5.75 Å². The summed E-state index contributed by atoms with van der Waals surface area (Å²) in [6.07, 6.45) is 0. The highest BCUT2D eigenvalue weighted by molar-refractivity contribution is 5.79. The molecule has 0 bridgehead atoms. The molecule has 0 aliphatic rings. The average molecular weight is 539 g/mol. The molecular weight excluding hydrogens is 504 g/mol. The molecule has 1 atom stereocenters. The fourth-order valence-electron chi connectivity index (χ4n) is 4.93. The Labute approximate surface area is 233 Å². The summed E-state index contributed by atoms with van der Waals surface area (Å²) in [5, 5.41) is 13.7. The second-order valence-corrected chi connectivity index (χ2v) is 9.77. The fraction of sp³-hybridized carbons (Fsp3) is 0.290. The molecule has 9 heteroatoms. The molecule has 0 amide bonds. The molecule has 2 heterocycles. The Bertz CT molecular complexity index is 1600. The lowest BCUT2D eigenvalue weighted by atomic mass is 10.0. The molecule has 0 radical (unpaired) electrons. The first-order chi connectivity index (χ1) is 19.6. The van der Waals surface area contributed by atoms with E-state index in [1.807, 2.05) is 68.4 Å². The van der Waals surface area contributed by atoms with Crippen LogP contribution in [0.1, 0.15) is 41.0 Å². The molecule has 206 valence electrons. The first-order valence-corrected chi connectivity index (χ1v) is 13.4. The molecule has 0 spiro atoms. The van der Waals surface area contributed by atoms with Crippen LogP contribution < -0.4 is 10.3 Å². The van der Waals surface area contributed by atoms with Gasteiger partial charge in [0.05, 0.1) is 19.8 Å². The van der Waals surface area contributed by atoms with Crippen molar-refractivity contribution < 1.29 is 9.47 Å². The van der Waals surface area contributed by atoms with Gasteiger partial charge in [-0.1, -0.05) is 54.6 Å². The Morgan fingerprint density at radius 2 is 1.73 bits per heavy atom. The standard InChI is InChI=1S/C31H34N6O3/c1-4-40-26-14-11-24(12-15-26)21-36(20-23-8-6-5-7-9-23)29(30-33-34-35-37(30)16-17-39-3)27-19-25-13-10-22(2)18-28(25)32-31(27)38/h5-15,18-19,29H,4,16-17,20-21H2,1-3H3,(H,32,38)/t29-/m1/s1. The van der Waals surface area contributed by atoms with Gasteiger partial charge in [0.1, 0.15) is 11.8 Å². The summed E-state index contributed by atoms with van der Waals surface area (Å²) in [5.41, 5.74) is 4.47. The largest absolute Gasteiger partial charge is 0.494 e. The van der Waals surface area contributed by atoms with Gasteiger partial charge in [0.15, 0.2) is 5.82 Å². The van der Waals surface area contributed by atoms with E-state index in [0.717, 1.165) is 33.3 Å². The van der Waals surface area contributed by atoms with Gasteiger partial charge in [-0.3, -0.25) is 9.69 Å². The zero-order valence-electron chi connectivity index (χ0n) is 23.1. The lowest BCUT2D eigenvalue weighted by Crippen LogP contribution is -2.35. The van der Waals surface area contributed by atoms with Crippen molar-refractivity contribution in [2.75, 3.05) is 20.3 Å². The average Bonchev–Trinajstić information content (AvgIpc) is 3.42. The summed E-state index contributed by atoms with van der Waals surface area (Å²) in [4.78, 5) is 19.1. The third kappa shape index (κ3) is 6.27. The van der Waals surface area contributed by atoms with E-state index in [4.69, 9.17) is 9.47 Å². The number of aryl methyl sites for hydroxylation is 1. The molecule has 5 aromatic rings. The minimum absolute atomic E-state index is 0.172. The number of fused-ring (bicyclic) bond motifs is 1. The van der Waals surface area contributed by atoms with E-state index < -0.39 is 6.04 Å². The van der Waals surface area contributed by atoms with E-state index in [1.54, 1.807) is 11.8 Å². The van der Waals surface area contributed by atoms with Gasteiger partial charge in [-0.15, -0.1) is 5.10 Å². The number of rotatable bonds is 12. The van der Waals surface area contributed by atoms with Crippen LogP contribution in [0.5, 0.6) is 5.75 Å². The summed E-state index contributed by atoms with van der Waals surface area (Å²) >= 11 is 0. The van der Waals surface area contributed by atoms with Crippen LogP contribution in [0, 0.1) is 6.92 Å². The number of methoxy groups -OCH3 is 1. The Balaban J connectivity index is 1.65. The summed E-state index contributed by atoms with van der Waals surface area (Å²) in [6.45, 7) is 6.61. The summed E-state index contributed by atoms with van der Waals surface area (Å²) in [7, 11) is 1.64. The monoisotopic (exact) mass is 538 g/mol. The molecule has 3 aromatic carbocycles. The van der Waals surface area contributed by atoms with E-state index >= 15 is 0 Å². The molecule has 0 aliphatic carbocycles. The number of H-pyrrole nitrogens is 1. The Morgan fingerprint density at radius 3 is 2.45 bits per heavy atom. The summed E-state index contributed by atoms with van der Waals surface area (Å²) in [6, 6.07) is 25.8. The van der Waals surface area contributed by atoms with Crippen molar-refractivity contribution in [2.24, 2.45) is 0 Å². The van der Waals surface area contributed by atoms with Crippen LogP contribution in [0.25, 0.3) is 10.9 Å². The second-order valence-electron chi connectivity index (χ2n) is 9.77. The lowest BCUT2D eigenvalue weighted by Gasteiger charge is -2.31. The number of pyridine rings is 1. The minimum atomic E-state index is -0.534. The lowest BCUT2D eigenvalue weighted by molar-refractivity contribution is 0.169. The highest BCUT2D eigenvalue weighted by Gasteiger charge is 2.31. The zero-order chi connectivity index (χ0) is 27.9. The van der Waals surface area contributed by atoms with E-state index in [2.05, 4.69) is 49.7 Å². The zero-order valence-corrected chi connectivity index (χ0v) is 23.1. The number of ether oxygens (including phenoxy) is 2. The number of hydrogen-bond acceptors (Lipinski definition) is 7. The molecule has 40 heavy (non-hydrogen) atoms. The molecule has 0 fully saturated rings. The minimum Gasteiger partial charge on any atom is -0.494 e. The quantitative estimate of drug-likeness (QED) is 0.247. The van der Waals surface area contributed by atoms with Gasteiger partial charge in [-0.25, -0.2) is 4.68 Å². The molecular formula is C31H34N6O3. The Morgan fingerprint density at radius 1 is 0.975 bits per heavy atom. The van der Waals surface area contributed by atoms with Crippen LogP contribution in [-0.2, 0) is 24.4 Å². The SMILES string of the molecule is CCOc1ccc(CN(Cc2ccccc2)[C@H](c2cc3ccc(C)cc3[nH]c2=O)c2nnnn2CCOC)cc1. The van der Waals surface area contributed by atoms with Crippen molar-refractivity contribution in [3.05, 3.63) is 117 Å². The van der Waals surface area contributed by atoms with Crippen LogP contribution in [0.2, 0.25) is 0 Å². The highest BCUT2D eigenvalue weighted by Crippen LogP contribution is 2.30. The maximum atomic E-state index is 13.7. The number of nitrogens with zero attached hydrogens (tertiary/aromatic N) is 5. The predicted molar refractivity (Wildman–Crippen MR) is 154 cm³/mol. The number of benzene rings is 3. The van der Waals surface area contributed by atoms with Crippen molar-refractivity contribution >= 4 is 10.9 Å². The number of aromatic amines is 1. The normalized spacial score (nSPS) is 12.2. The second kappa shape index (κ2) is 12.7. The Hall–Kier alpha value is -4.34. The van der Waals surface area contributed by atoms with Crippen LogP contribution in [0.4, 0.5) is 0 Å².